The number of nitrogens with zero attached hydrogens (tertiary/aromatic N) is 4. The average molecular weight is 370 g/mol. The highest BCUT2D eigenvalue weighted by Crippen LogP contribution is 2.22. The van der Waals surface area contributed by atoms with Gasteiger partial charge >= 0.3 is 0 Å². The number of morpholine rings is 1. The Balaban J connectivity index is 1.37. The number of hydrogen-bond acceptors (Lipinski definition) is 5. The van der Waals surface area contributed by atoms with Gasteiger partial charge in [0.1, 0.15) is 11.5 Å². The minimum atomic E-state index is -0.182. The zero-order valence-corrected chi connectivity index (χ0v) is 15.2. The summed E-state index contributed by atoms with van der Waals surface area (Å²) < 4.78 is 19.2. The minimum absolute atomic E-state index is 0.0470. The summed E-state index contributed by atoms with van der Waals surface area (Å²) in [7, 11) is 0. The van der Waals surface area contributed by atoms with Gasteiger partial charge in [0.15, 0.2) is 0 Å². The molecule has 2 aliphatic rings. The van der Waals surface area contributed by atoms with E-state index in [1.165, 1.54) is 6.07 Å². The van der Waals surface area contributed by atoms with Crippen molar-refractivity contribution in [3.8, 4) is 0 Å². The highest BCUT2D eigenvalue weighted by molar-refractivity contribution is 5.92. The Hall–Kier alpha value is -2.67. The van der Waals surface area contributed by atoms with Crippen LogP contribution in [-0.2, 0) is 4.74 Å². The molecule has 0 N–H and O–H groups in total. The Kier molecular flexibility index (Phi) is 5.20. The van der Waals surface area contributed by atoms with Gasteiger partial charge in [-0.1, -0.05) is 12.1 Å². The number of amides is 1. The second-order valence-electron chi connectivity index (χ2n) is 6.73. The van der Waals surface area contributed by atoms with Crippen LogP contribution in [-0.4, -0.2) is 68.3 Å². The first-order valence-electron chi connectivity index (χ1n) is 9.30. The lowest BCUT2D eigenvalue weighted by Crippen LogP contribution is -2.47. The molecule has 3 heterocycles. The number of piperazine rings is 1. The van der Waals surface area contributed by atoms with Gasteiger partial charge in [0, 0.05) is 39.3 Å². The third-order valence-electron chi connectivity index (χ3n) is 5.10. The summed E-state index contributed by atoms with van der Waals surface area (Å²) in [5, 5.41) is 0. The van der Waals surface area contributed by atoms with Gasteiger partial charge in [-0.3, -0.25) is 4.79 Å². The number of ether oxygens (including phenoxy) is 1. The van der Waals surface area contributed by atoms with Gasteiger partial charge in [-0.2, -0.15) is 0 Å². The van der Waals surface area contributed by atoms with Crippen LogP contribution >= 0.6 is 0 Å². The van der Waals surface area contributed by atoms with Crippen molar-refractivity contribution >= 4 is 17.3 Å². The van der Waals surface area contributed by atoms with E-state index in [1.807, 2.05) is 18.2 Å². The second kappa shape index (κ2) is 7.92. The number of para-hydroxylation sites is 1. The number of rotatable bonds is 3. The van der Waals surface area contributed by atoms with Crippen LogP contribution in [0.3, 0.4) is 0 Å². The maximum Gasteiger partial charge on any atom is 0.272 e. The molecule has 0 saturated carbocycles. The summed E-state index contributed by atoms with van der Waals surface area (Å²) >= 11 is 0. The molecule has 1 aromatic heterocycles. The van der Waals surface area contributed by atoms with E-state index in [1.54, 1.807) is 23.2 Å². The van der Waals surface area contributed by atoms with E-state index in [0.717, 1.165) is 31.9 Å². The SMILES string of the molecule is O=C(c1ccc(N2CCN(c3ccccc3F)CC2)cn1)N1CCOCC1. The Morgan fingerprint density at radius 3 is 2.30 bits per heavy atom. The number of aromatic nitrogens is 1. The Morgan fingerprint density at radius 2 is 1.63 bits per heavy atom. The maximum atomic E-state index is 14.0. The van der Waals surface area contributed by atoms with Crippen LogP contribution in [0.4, 0.5) is 15.8 Å². The van der Waals surface area contributed by atoms with E-state index >= 15 is 0 Å². The Labute approximate surface area is 158 Å². The number of anilines is 2. The summed E-state index contributed by atoms with van der Waals surface area (Å²) in [5.74, 6) is -0.229. The highest BCUT2D eigenvalue weighted by atomic mass is 19.1. The van der Waals surface area contributed by atoms with Crippen molar-refractivity contribution in [2.45, 2.75) is 0 Å². The predicted octanol–water partition coefficient (Wildman–Crippen LogP) is 2.02. The van der Waals surface area contributed by atoms with Crippen molar-refractivity contribution < 1.29 is 13.9 Å². The molecule has 4 rings (SSSR count). The molecular formula is C20H23FN4O2. The fourth-order valence-electron chi connectivity index (χ4n) is 3.54. The fourth-order valence-corrected chi connectivity index (χ4v) is 3.54. The molecule has 0 atom stereocenters. The second-order valence-corrected chi connectivity index (χ2v) is 6.73. The van der Waals surface area contributed by atoms with Gasteiger partial charge in [-0.25, -0.2) is 9.37 Å². The summed E-state index contributed by atoms with van der Waals surface area (Å²) in [5.41, 5.74) is 2.11. The van der Waals surface area contributed by atoms with Crippen molar-refractivity contribution in [2.75, 3.05) is 62.3 Å². The van der Waals surface area contributed by atoms with E-state index in [9.17, 15) is 9.18 Å². The monoisotopic (exact) mass is 370 g/mol. The van der Waals surface area contributed by atoms with Gasteiger partial charge in [0.2, 0.25) is 0 Å². The predicted molar refractivity (Wildman–Crippen MR) is 102 cm³/mol. The summed E-state index contributed by atoms with van der Waals surface area (Å²) in [6.45, 7) is 5.44. The molecule has 0 unspecified atom stereocenters. The van der Waals surface area contributed by atoms with Crippen LogP contribution < -0.4 is 9.80 Å². The molecule has 1 aromatic carbocycles. The third-order valence-corrected chi connectivity index (χ3v) is 5.10. The normalized spacial score (nSPS) is 17.9. The van der Waals surface area contributed by atoms with Crippen molar-refractivity contribution in [1.29, 1.82) is 0 Å². The molecule has 0 aliphatic carbocycles. The van der Waals surface area contributed by atoms with Gasteiger partial charge < -0.3 is 19.4 Å². The topological polar surface area (TPSA) is 48.9 Å². The lowest BCUT2D eigenvalue weighted by molar-refractivity contribution is 0.0299. The Bertz CT molecular complexity index is 785. The van der Waals surface area contributed by atoms with Crippen LogP contribution in [0.25, 0.3) is 0 Å². The zero-order valence-electron chi connectivity index (χ0n) is 15.2. The largest absolute Gasteiger partial charge is 0.378 e. The van der Waals surface area contributed by atoms with E-state index in [2.05, 4.69) is 14.8 Å². The number of benzene rings is 1. The molecule has 0 spiro atoms. The van der Waals surface area contributed by atoms with Crippen LogP contribution in [0.2, 0.25) is 0 Å². The van der Waals surface area contributed by atoms with E-state index < -0.39 is 0 Å². The van der Waals surface area contributed by atoms with Gasteiger partial charge in [0.05, 0.1) is 30.8 Å². The lowest BCUT2D eigenvalue weighted by Gasteiger charge is -2.37. The molecule has 0 bridgehead atoms. The number of carbonyl (C=O) groups is 1. The molecule has 142 valence electrons. The number of carbonyl (C=O) groups excluding carboxylic acids is 1. The number of hydrogen-bond donors (Lipinski definition) is 0. The van der Waals surface area contributed by atoms with E-state index in [4.69, 9.17) is 4.74 Å². The van der Waals surface area contributed by atoms with E-state index in [0.29, 0.717) is 37.7 Å². The van der Waals surface area contributed by atoms with Crippen LogP contribution in [0.5, 0.6) is 0 Å². The maximum absolute atomic E-state index is 14.0. The molecular weight excluding hydrogens is 347 g/mol. The van der Waals surface area contributed by atoms with Crippen molar-refractivity contribution in [3.05, 3.63) is 54.1 Å². The first-order chi connectivity index (χ1) is 13.2. The molecule has 1 amide bonds. The van der Waals surface area contributed by atoms with Gasteiger partial charge in [0.25, 0.3) is 5.91 Å². The van der Waals surface area contributed by atoms with Crippen molar-refractivity contribution in [2.24, 2.45) is 0 Å². The van der Waals surface area contributed by atoms with Crippen molar-refractivity contribution in [1.82, 2.24) is 9.88 Å². The summed E-state index contributed by atoms with van der Waals surface area (Å²) in [6.07, 6.45) is 1.76. The van der Waals surface area contributed by atoms with E-state index in [-0.39, 0.29) is 11.7 Å². The molecule has 2 aliphatic heterocycles. The minimum Gasteiger partial charge on any atom is -0.378 e. The van der Waals surface area contributed by atoms with Crippen LogP contribution in [0, 0.1) is 5.82 Å². The summed E-state index contributed by atoms with van der Waals surface area (Å²) in [6, 6.07) is 10.6. The molecule has 27 heavy (non-hydrogen) atoms. The highest BCUT2D eigenvalue weighted by Gasteiger charge is 2.22. The molecule has 2 saturated heterocycles. The Morgan fingerprint density at radius 1 is 0.926 bits per heavy atom. The van der Waals surface area contributed by atoms with Crippen molar-refractivity contribution in [3.63, 3.8) is 0 Å². The first kappa shape index (κ1) is 17.7. The average Bonchev–Trinajstić information content (AvgIpc) is 2.74. The quantitative estimate of drug-likeness (QED) is 0.827. The summed E-state index contributed by atoms with van der Waals surface area (Å²) in [4.78, 5) is 22.9. The third kappa shape index (κ3) is 3.88. The lowest BCUT2D eigenvalue weighted by atomic mass is 10.2. The zero-order chi connectivity index (χ0) is 18.6. The molecule has 2 aromatic rings. The molecule has 2 fully saturated rings. The smallest absolute Gasteiger partial charge is 0.272 e. The standard InChI is InChI=1S/C20H23FN4O2/c21-17-3-1-2-4-19(17)24-9-7-23(8-10-24)16-5-6-18(22-15-16)20(26)25-11-13-27-14-12-25/h1-6,15H,7-14H2. The fraction of sp³-hybridized carbons (Fsp3) is 0.400. The molecule has 0 radical (unpaired) electrons. The van der Waals surface area contributed by atoms with Crippen LogP contribution in [0.1, 0.15) is 10.5 Å². The van der Waals surface area contributed by atoms with Gasteiger partial charge in [-0.15, -0.1) is 0 Å². The first-order valence-corrected chi connectivity index (χ1v) is 9.30. The number of halogens is 1. The molecule has 6 nitrogen and oxygen atoms in total. The van der Waals surface area contributed by atoms with Crippen LogP contribution in [0.15, 0.2) is 42.6 Å². The molecule has 7 heteroatoms. The number of pyridine rings is 1. The van der Waals surface area contributed by atoms with Gasteiger partial charge in [-0.05, 0) is 24.3 Å².